The van der Waals surface area contributed by atoms with Gasteiger partial charge in [-0.2, -0.15) is 0 Å². The molecule has 29 heavy (non-hydrogen) atoms. The third-order valence-corrected chi connectivity index (χ3v) is 4.05. The van der Waals surface area contributed by atoms with E-state index in [1.165, 1.54) is 5.56 Å². The molecule has 156 valence electrons. The molecule has 3 rings (SSSR count). The number of halogens is 3. The Kier molecular flexibility index (Phi) is 15.7. The van der Waals surface area contributed by atoms with Crippen LogP contribution in [0.3, 0.4) is 0 Å². The quantitative estimate of drug-likeness (QED) is 0.316. The minimum atomic E-state index is 0. The van der Waals surface area contributed by atoms with Gasteiger partial charge < -0.3 is 5.11 Å². The van der Waals surface area contributed by atoms with Crippen molar-refractivity contribution in [1.29, 1.82) is 0 Å². The Balaban J connectivity index is 0. The molecule has 0 unspecified atom stereocenters. The van der Waals surface area contributed by atoms with Gasteiger partial charge in [0, 0.05) is 17.3 Å². The summed E-state index contributed by atoms with van der Waals surface area (Å²) in [5, 5.41) is 10.6. The molecular formula is C22H24Cl3NO2W. The van der Waals surface area contributed by atoms with Crippen LogP contribution in [-0.2, 0) is 23.2 Å². The Bertz CT molecular complexity index is 890. The fourth-order valence-electron chi connectivity index (χ4n) is 2.75. The maximum absolute atomic E-state index is 10.6. The molecule has 0 spiro atoms. The van der Waals surface area contributed by atoms with Crippen LogP contribution in [0.15, 0.2) is 77.8 Å². The van der Waals surface area contributed by atoms with Crippen molar-refractivity contribution in [2.75, 3.05) is 0 Å². The van der Waals surface area contributed by atoms with Crippen molar-refractivity contribution in [1.82, 2.24) is 0 Å². The Morgan fingerprint density at radius 1 is 0.828 bits per heavy atom. The van der Waals surface area contributed by atoms with Crippen LogP contribution in [0.25, 0.3) is 11.1 Å². The summed E-state index contributed by atoms with van der Waals surface area (Å²) in [7, 11) is 0. The van der Waals surface area contributed by atoms with Crippen molar-refractivity contribution in [2.45, 2.75) is 19.8 Å². The summed E-state index contributed by atoms with van der Waals surface area (Å²) >= 11 is 0.333. The second-order valence-electron chi connectivity index (χ2n) is 6.08. The third kappa shape index (κ3) is 8.03. The van der Waals surface area contributed by atoms with Crippen molar-refractivity contribution < 1.29 is 28.3 Å². The summed E-state index contributed by atoms with van der Waals surface area (Å²) in [5.74, 6) is 0.664. The van der Waals surface area contributed by atoms with Crippen molar-refractivity contribution in [2.24, 2.45) is 4.99 Å². The van der Waals surface area contributed by atoms with Gasteiger partial charge in [-0.25, -0.2) is 0 Å². The Morgan fingerprint density at radius 3 is 2.03 bits per heavy atom. The summed E-state index contributed by atoms with van der Waals surface area (Å²) in [6.07, 6.45) is 1.74. The normalized spacial score (nSPS) is 9.48. The first-order chi connectivity index (χ1) is 12.7. The van der Waals surface area contributed by atoms with E-state index in [0.717, 1.165) is 22.4 Å². The molecule has 0 aliphatic carbocycles. The Hall–Kier alpha value is -1.51. The summed E-state index contributed by atoms with van der Waals surface area (Å²) in [5.41, 5.74) is 4.67. The molecule has 0 fully saturated rings. The molecule has 0 amide bonds. The third-order valence-electron chi connectivity index (χ3n) is 4.05. The molecule has 7 heteroatoms. The second kappa shape index (κ2) is 15.3. The van der Waals surface area contributed by atoms with E-state index in [2.05, 4.69) is 24.9 Å². The molecule has 0 saturated carbocycles. The summed E-state index contributed by atoms with van der Waals surface area (Å²) in [6, 6.07) is 23.7. The molecule has 1 N–H and O–H groups in total. The van der Waals surface area contributed by atoms with Gasteiger partial charge in [-0.15, -0.1) is 37.2 Å². The molecule has 0 aromatic heterocycles. The van der Waals surface area contributed by atoms with E-state index in [9.17, 15) is 5.11 Å². The van der Waals surface area contributed by atoms with Crippen LogP contribution in [0.4, 0.5) is 5.69 Å². The zero-order chi connectivity index (χ0) is 18.9. The number of benzene rings is 3. The van der Waals surface area contributed by atoms with Gasteiger partial charge in [-0.1, -0.05) is 74.5 Å². The summed E-state index contributed by atoms with van der Waals surface area (Å²) in [4.78, 5) is 4.61. The number of nitrogens with zero attached hydrogens (tertiary/aromatic N) is 1. The second-order valence-corrected chi connectivity index (χ2v) is 6.08. The van der Waals surface area contributed by atoms with Gasteiger partial charge in [-0.05, 0) is 29.2 Å². The van der Waals surface area contributed by atoms with Gasteiger partial charge in [0.15, 0.2) is 0 Å². The number of para-hydroxylation sites is 2. The van der Waals surface area contributed by atoms with Crippen molar-refractivity contribution in [3.8, 4) is 16.9 Å². The minimum absolute atomic E-state index is 0. The number of hydrogen-bond donors (Lipinski definition) is 1. The topological polar surface area (TPSA) is 49.7 Å². The van der Waals surface area contributed by atoms with E-state index in [4.69, 9.17) is 3.40 Å². The fraction of sp³-hybridized carbons (Fsp3) is 0.136. The predicted octanol–water partition coefficient (Wildman–Crippen LogP) is 7.08. The molecule has 0 heterocycles. The van der Waals surface area contributed by atoms with Crippen LogP contribution < -0.4 is 0 Å². The Morgan fingerprint density at radius 2 is 1.41 bits per heavy atom. The van der Waals surface area contributed by atoms with Crippen molar-refractivity contribution >= 4 is 49.1 Å². The predicted molar refractivity (Wildman–Crippen MR) is 124 cm³/mol. The van der Waals surface area contributed by atoms with E-state index in [-0.39, 0.29) is 43.0 Å². The van der Waals surface area contributed by atoms with E-state index in [1.54, 1.807) is 6.21 Å². The van der Waals surface area contributed by atoms with Crippen molar-refractivity contribution in [3.05, 3.63) is 83.9 Å². The molecule has 3 aromatic rings. The van der Waals surface area contributed by atoms with Crippen LogP contribution >= 0.6 is 37.2 Å². The number of aromatic hydroxyl groups is 1. The van der Waals surface area contributed by atoms with Gasteiger partial charge in [0.2, 0.25) is 0 Å². The van der Waals surface area contributed by atoms with E-state index < -0.39 is 0 Å². The maximum atomic E-state index is 10.6. The first-order valence-electron chi connectivity index (χ1n) is 8.34. The summed E-state index contributed by atoms with van der Waals surface area (Å²) in [6.45, 7) is 4.31. The van der Waals surface area contributed by atoms with Crippen molar-refractivity contribution in [3.63, 3.8) is 0 Å². The van der Waals surface area contributed by atoms with Crippen LogP contribution in [0, 0.1) is 0 Å². The zero-order valence-electron chi connectivity index (χ0n) is 16.0. The molecule has 0 aliphatic heterocycles. The Labute approximate surface area is 202 Å². The number of hydrogen-bond acceptors (Lipinski definition) is 3. The number of phenols is 1. The molecule has 0 radical (unpaired) electrons. The zero-order valence-corrected chi connectivity index (χ0v) is 21.4. The molecule has 0 saturated heterocycles. The molecule has 0 aliphatic rings. The molecule has 3 aromatic carbocycles. The molecule has 3 nitrogen and oxygen atoms in total. The average Bonchev–Trinajstić information content (AvgIpc) is 2.69. The van der Waals surface area contributed by atoms with Crippen LogP contribution in [0.5, 0.6) is 5.75 Å². The SMILES string of the molecule is CC(C)c1ccccc1N=Cc1cccc(-c2ccccc2)c1O.Cl.Cl.Cl.[O]=[W]. The van der Waals surface area contributed by atoms with Gasteiger partial charge in [0.1, 0.15) is 5.75 Å². The van der Waals surface area contributed by atoms with Crippen LogP contribution in [-0.4, -0.2) is 11.3 Å². The van der Waals surface area contributed by atoms with Gasteiger partial charge in [0.05, 0.1) is 5.69 Å². The average molecular weight is 625 g/mol. The molecular weight excluding hydrogens is 600 g/mol. The number of phenolic OH excluding ortho intramolecular Hbond substituents is 1. The van der Waals surface area contributed by atoms with Crippen LogP contribution in [0.1, 0.15) is 30.9 Å². The molecule has 0 atom stereocenters. The molecule has 0 bridgehead atoms. The van der Waals surface area contributed by atoms with E-state index in [0.29, 0.717) is 25.7 Å². The summed E-state index contributed by atoms with van der Waals surface area (Å²) < 4.78 is 8.33. The van der Waals surface area contributed by atoms with Crippen LogP contribution in [0.2, 0.25) is 0 Å². The van der Waals surface area contributed by atoms with Gasteiger partial charge >= 0.3 is 23.2 Å². The first-order valence-corrected chi connectivity index (χ1v) is 9.53. The monoisotopic (exact) mass is 623 g/mol. The van der Waals surface area contributed by atoms with Gasteiger partial charge in [-0.3, -0.25) is 4.99 Å². The van der Waals surface area contributed by atoms with E-state index in [1.807, 2.05) is 66.7 Å². The number of aliphatic imine (C=N–C) groups is 1. The van der Waals surface area contributed by atoms with Gasteiger partial charge in [0.25, 0.3) is 0 Å². The van der Waals surface area contributed by atoms with E-state index >= 15 is 0 Å². The fourth-order valence-corrected chi connectivity index (χ4v) is 2.75. The first kappa shape index (κ1) is 29.7. The number of rotatable bonds is 4. The standard InChI is InChI=1S/C22H21NO.3ClH.O.W/c1-16(2)19-12-6-7-14-21(19)23-15-18-11-8-13-20(22(18)24)17-9-4-3-5-10-17;;;;;/h3-16,24H,1-2H3;3*1H;;.